The molecule has 1 aliphatic rings. The molecule has 3 amide bonds. The Morgan fingerprint density at radius 2 is 1.91 bits per heavy atom. The maximum Gasteiger partial charge on any atom is 0.315 e. The van der Waals surface area contributed by atoms with Gasteiger partial charge in [0.25, 0.3) is 0 Å². The zero-order valence-corrected chi connectivity index (χ0v) is 13.6. The van der Waals surface area contributed by atoms with Gasteiger partial charge >= 0.3 is 6.03 Å². The van der Waals surface area contributed by atoms with Crippen molar-refractivity contribution in [1.29, 1.82) is 5.26 Å². The van der Waals surface area contributed by atoms with Gasteiger partial charge in [-0.3, -0.25) is 4.79 Å². The van der Waals surface area contributed by atoms with Gasteiger partial charge in [-0.05, 0) is 31.7 Å². The van der Waals surface area contributed by atoms with E-state index in [1.165, 1.54) is 4.90 Å². The molecular formula is C17H22N4O2. The molecule has 0 aromatic heterocycles. The summed E-state index contributed by atoms with van der Waals surface area (Å²) in [5.41, 5.74) is 1.47. The molecule has 1 saturated carbocycles. The topological polar surface area (TPSA) is 85.2 Å². The predicted octanol–water partition coefficient (Wildman–Crippen LogP) is 1.70. The molecule has 2 N–H and O–H groups in total. The average molecular weight is 314 g/mol. The lowest BCUT2D eigenvalue weighted by Gasteiger charge is -2.42. The third-order valence-corrected chi connectivity index (χ3v) is 4.38. The summed E-state index contributed by atoms with van der Waals surface area (Å²) >= 11 is 0. The number of rotatable bonds is 5. The molecule has 0 radical (unpaired) electrons. The van der Waals surface area contributed by atoms with Crippen molar-refractivity contribution < 1.29 is 9.59 Å². The molecule has 1 aromatic carbocycles. The molecule has 0 aliphatic heterocycles. The number of nitrogens with one attached hydrogen (secondary N) is 2. The predicted molar refractivity (Wildman–Crippen MR) is 86.4 cm³/mol. The highest BCUT2D eigenvalue weighted by atomic mass is 16.2. The number of urea groups is 1. The molecule has 0 unspecified atom stereocenters. The molecule has 122 valence electrons. The maximum atomic E-state index is 12.1. The Balaban J connectivity index is 1.74. The molecule has 6 heteroatoms. The van der Waals surface area contributed by atoms with Crippen LogP contribution in [0.15, 0.2) is 24.3 Å². The van der Waals surface area contributed by atoms with E-state index < -0.39 is 11.6 Å². The van der Waals surface area contributed by atoms with Gasteiger partial charge in [0.1, 0.15) is 5.54 Å². The third-order valence-electron chi connectivity index (χ3n) is 4.38. The molecule has 0 bridgehead atoms. The molecule has 1 aromatic rings. The Bertz CT molecular complexity index is 614. The normalized spacial score (nSPS) is 15.0. The van der Waals surface area contributed by atoms with E-state index in [1.54, 1.807) is 7.05 Å². The van der Waals surface area contributed by atoms with E-state index in [9.17, 15) is 14.9 Å². The lowest BCUT2D eigenvalue weighted by molar-refractivity contribution is -0.135. The fraction of sp³-hybridized carbons (Fsp3) is 0.471. The van der Waals surface area contributed by atoms with E-state index in [0.717, 1.165) is 17.5 Å². The largest absolute Gasteiger partial charge is 0.334 e. The van der Waals surface area contributed by atoms with Gasteiger partial charge in [0, 0.05) is 13.6 Å². The van der Waals surface area contributed by atoms with Crippen molar-refractivity contribution in [2.24, 2.45) is 0 Å². The Kier molecular flexibility index (Phi) is 5.22. The number of carbonyl (C=O) groups is 2. The van der Waals surface area contributed by atoms with Crippen molar-refractivity contribution in [2.75, 3.05) is 13.6 Å². The van der Waals surface area contributed by atoms with Crippen LogP contribution in [0.4, 0.5) is 4.79 Å². The summed E-state index contributed by atoms with van der Waals surface area (Å²) in [5.74, 6) is -0.253. The van der Waals surface area contributed by atoms with E-state index >= 15 is 0 Å². The van der Waals surface area contributed by atoms with Gasteiger partial charge < -0.3 is 15.5 Å². The highest BCUT2D eigenvalue weighted by Gasteiger charge is 2.43. The molecule has 0 saturated heterocycles. The molecular weight excluding hydrogens is 292 g/mol. The van der Waals surface area contributed by atoms with Crippen LogP contribution in [0.2, 0.25) is 0 Å². The van der Waals surface area contributed by atoms with Crippen LogP contribution in [0.5, 0.6) is 0 Å². The van der Waals surface area contributed by atoms with Crippen LogP contribution in [-0.2, 0) is 11.3 Å². The van der Waals surface area contributed by atoms with Gasteiger partial charge in [-0.2, -0.15) is 5.26 Å². The minimum absolute atomic E-state index is 0.111. The second-order valence-corrected chi connectivity index (χ2v) is 5.97. The lowest BCUT2D eigenvalue weighted by Crippen LogP contribution is -2.55. The van der Waals surface area contributed by atoms with Crippen molar-refractivity contribution in [3.63, 3.8) is 0 Å². The first-order chi connectivity index (χ1) is 11.0. The SMILES string of the molecule is Cc1ccc(CNC(=O)NCC(=O)N(C)C2(C#N)CCC2)cc1. The van der Waals surface area contributed by atoms with Crippen molar-refractivity contribution in [3.05, 3.63) is 35.4 Å². The standard InChI is InChI=1S/C17H22N4O2/c1-13-4-6-14(7-5-13)10-19-16(23)20-11-15(22)21(2)17(12-18)8-3-9-17/h4-7H,3,8-11H2,1-2H3,(H2,19,20,23). The number of carbonyl (C=O) groups excluding carboxylic acids is 2. The fourth-order valence-corrected chi connectivity index (χ4v) is 2.50. The summed E-state index contributed by atoms with van der Waals surface area (Å²) < 4.78 is 0. The Morgan fingerprint density at radius 3 is 2.43 bits per heavy atom. The fourth-order valence-electron chi connectivity index (χ4n) is 2.50. The summed E-state index contributed by atoms with van der Waals surface area (Å²) in [6.45, 7) is 2.29. The first-order valence-electron chi connectivity index (χ1n) is 7.72. The Morgan fingerprint density at radius 1 is 1.26 bits per heavy atom. The summed E-state index contributed by atoms with van der Waals surface area (Å²) in [6, 6.07) is 9.67. The second-order valence-electron chi connectivity index (χ2n) is 5.97. The van der Waals surface area contributed by atoms with Gasteiger partial charge in [0.2, 0.25) is 5.91 Å². The van der Waals surface area contributed by atoms with E-state index in [-0.39, 0.29) is 12.5 Å². The monoisotopic (exact) mass is 314 g/mol. The summed E-state index contributed by atoms with van der Waals surface area (Å²) in [6.07, 6.45) is 2.35. The number of hydrogen-bond donors (Lipinski definition) is 2. The van der Waals surface area contributed by atoms with E-state index in [2.05, 4.69) is 16.7 Å². The second kappa shape index (κ2) is 7.14. The van der Waals surface area contributed by atoms with Gasteiger partial charge in [-0.25, -0.2) is 4.79 Å². The number of nitrogens with zero attached hydrogens (tertiary/aromatic N) is 2. The van der Waals surface area contributed by atoms with Crippen molar-refractivity contribution in [3.8, 4) is 6.07 Å². The number of aryl methyl sites for hydroxylation is 1. The van der Waals surface area contributed by atoms with Crippen LogP contribution in [0.1, 0.15) is 30.4 Å². The smallest absolute Gasteiger partial charge is 0.315 e. The molecule has 0 heterocycles. The van der Waals surface area contributed by atoms with Gasteiger partial charge in [-0.1, -0.05) is 29.8 Å². The minimum Gasteiger partial charge on any atom is -0.334 e. The average Bonchev–Trinajstić information content (AvgIpc) is 2.51. The number of hydrogen-bond acceptors (Lipinski definition) is 3. The molecule has 0 spiro atoms. The van der Waals surface area contributed by atoms with Crippen LogP contribution in [0.3, 0.4) is 0 Å². The first kappa shape index (κ1) is 16.8. The zero-order valence-electron chi connectivity index (χ0n) is 13.6. The lowest BCUT2D eigenvalue weighted by atomic mass is 9.77. The van der Waals surface area contributed by atoms with Gasteiger partial charge in [0.15, 0.2) is 0 Å². The summed E-state index contributed by atoms with van der Waals surface area (Å²) in [4.78, 5) is 25.3. The molecule has 6 nitrogen and oxygen atoms in total. The number of amides is 3. The number of benzene rings is 1. The number of nitriles is 1. The van der Waals surface area contributed by atoms with Crippen molar-refractivity contribution in [2.45, 2.75) is 38.3 Å². The van der Waals surface area contributed by atoms with Crippen LogP contribution in [0.25, 0.3) is 0 Å². The van der Waals surface area contributed by atoms with E-state index in [0.29, 0.717) is 19.4 Å². The molecule has 1 fully saturated rings. The zero-order chi connectivity index (χ0) is 16.9. The van der Waals surface area contributed by atoms with Gasteiger partial charge in [0.05, 0.1) is 12.6 Å². The molecule has 23 heavy (non-hydrogen) atoms. The highest BCUT2D eigenvalue weighted by Crippen LogP contribution is 2.36. The molecule has 1 aliphatic carbocycles. The summed E-state index contributed by atoms with van der Waals surface area (Å²) in [5, 5.41) is 14.5. The van der Waals surface area contributed by atoms with Crippen LogP contribution < -0.4 is 10.6 Å². The molecule has 0 atom stereocenters. The maximum absolute atomic E-state index is 12.1. The van der Waals surface area contributed by atoms with Crippen LogP contribution in [0, 0.1) is 18.3 Å². The van der Waals surface area contributed by atoms with E-state index in [4.69, 9.17) is 0 Å². The van der Waals surface area contributed by atoms with E-state index in [1.807, 2.05) is 31.2 Å². The minimum atomic E-state index is -0.683. The van der Waals surface area contributed by atoms with Crippen molar-refractivity contribution >= 4 is 11.9 Å². The van der Waals surface area contributed by atoms with Crippen LogP contribution >= 0.6 is 0 Å². The third kappa shape index (κ3) is 4.01. The highest BCUT2D eigenvalue weighted by molar-refractivity contribution is 5.84. The molecule has 2 rings (SSSR count). The van der Waals surface area contributed by atoms with Gasteiger partial charge in [-0.15, -0.1) is 0 Å². The Labute approximate surface area is 136 Å². The van der Waals surface area contributed by atoms with Crippen LogP contribution in [-0.4, -0.2) is 36.0 Å². The van der Waals surface area contributed by atoms with Crippen molar-refractivity contribution in [1.82, 2.24) is 15.5 Å². The number of likely N-dealkylation sites (N-methyl/N-ethyl adjacent to an activating group) is 1. The first-order valence-corrected chi connectivity index (χ1v) is 7.72. The Hall–Kier alpha value is -2.55. The summed E-state index contributed by atoms with van der Waals surface area (Å²) in [7, 11) is 1.62. The quantitative estimate of drug-likeness (QED) is 0.867.